The Morgan fingerprint density at radius 3 is 2.47 bits per heavy atom. The number of likely N-dealkylation sites (tertiary alicyclic amines) is 1. The van der Waals surface area contributed by atoms with Crippen LogP contribution in [0.4, 0.5) is 4.79 Å². The highest BCUT2D eigenvalue weighted by Crippen LogP contribution is 2.21. The number of hydrogen-bond acceptors (Lipinski definition) is 3. The molecule has 1 aliphatic heterocycles. The maximum atomic E-state index is 11.6. The number of carbonyl (C=O) groups is 1. The molecule has 0 bridgehead atoms. The molecule has 1 unspecified atom stereocenters. The van der Waals surface area contributed by atoms with Crippen LogP contribution < -0.4 is 5.32 Å². The van der Waals surface area contributed by atoms with Crippen molar-refractivity contribution in [3.05, 3.63) is 0 Å². The van der Waals surface area contributed by atoms with E-state index in [2.05, 4.69) is 5.32 Å². The van der Waals surface area contributed by atoms with Gasteiger partial charge >= 0.3 is 6.03 Å². The molecule has 5 nitrogen and oxygen atoms in total. The van der Waals surface area contributed by atoms with Gasteiger partial charge in [-0.2, -0.15) is 0 Å². The van der Waals surface area contributed by atoms with Crippen molar-refractivity contribution in [1.29, 1.82) is 0 Å². The highest BCUT2D eigenvalue weighted by Gasteiger charge is 2.34. The summed E-state index contributed by atoms with van der Waals surface area (Å²) in [7, 11) is -3.00. The molecule has 2 fully saturated rings. The summed E-state index contributed by atoms with van der Waals surface area (Å²) in [4.78, 5) is 13.2. The third kappa shape index (κ3) is 2.62. The molecule has 0 spiro atoms. The Morgan fingerprint density at radius 2 is 2.00 bits per heavy atom. The van der Waals surface area contributed by atoms with Crippen molar-refractivity contribution < 1.29 is 13.2 Å². The first-order chi connectivity index (χ1) is 6.97. The van der Waals surface area contributed by atoms with Gasteiger partial charge in [0.25, 0.3) is 0 Å². The van der Waals surface area contributed by atoms with Gasteiger partial charge in [-0.25, -0.2) is 13.2 Å². The fraction of sp³-hybridized carbons (Fsp3) is 0.889. The van der Waals surface area contributed by atoms with Crippen molar-refractivity contribution in [1.82, 2.24) is 10.2 Å². The molecule has 0 aromatic heterocycles. The maximum absolute atomic E-state index is 11.6. The van der Waals surface area contributed by atoms with E-state index < -0.39 is 9.84 Å². The molecule has 6 heteroatoms. The second-order valence-electron chi connectivity index (χ2n) is 4.41. The second-order valence-corrected chi connectivity index (χ2v) is 6.74. The van der Waals surface area contributed by atoms with Gasteiger partial charge < -0.3 is 10.2 Å². The summed E-state index contributed by atoms with van der Waals surface area (Å²) in [5, 5.41) is 2.49. The summed E-state index contributed by atoms with van der Waals surface area (Å²) in [6.07, 6.45) is 3.90. The van der Waals surface area contributed by atoms with Crippen LogP contribution in [0.3, 0.4) is 0 Å². The first-order valence-corrected chi connectivity index (χ1v) is 7.16. The molecule has 1 aliphatic carbocycles. The lowest BCUT2D eigenvalue weighted by molar-refractivity contribution is 0.208. The molecule has 2 rings (SSSR count). The predicted molar refractivity (Wildman–Crippen MR) is 56.4 cm³/mol. The van der Waals surface area contributed by atoms with Gasteiger partial charge in [0, 0.05) is 25.4 Å². The topological polar surface area (TPSA) is 66.5 Å². The van der Waals surface area contributed by atoms with Gasteiger partial charge in [0.05, 0.1) is 5.25 Å². The summed E-state index contributed by atoms with van der Waals surface area (Å²) >= 11 is 0. The zero-order chi connectivity index (χ0) is 11.1. The normalized spacial score (nSPS) is 26.7. The standard InChI is InChI=1S/C9H16N2O3S/c1-15(13,14)8-4-5-11(6-8)9(12)10-7-2-3-7/h7-8H,2-6H2,1H3,(H,10,12). The molecule has 0 aromatic rings. The molecule has 2 amide bonds. The van der Waals surface area contributed by atoms with E-state index in [1.54, 1.807) is 4.90 Å². The summed E-state index contributed by atoms with van der Waals surface area (Å²) in [6, 6.07) is 0.221. The lowest BCUT2D eigenvalue weighted by atomic mass is 10.4. The lowest BCUT2D eigenvalue weighted by Gasteiger charge is -2.16. The number of nitrogens with zero attached hydrogens (tertiary/aromatic N) is 1. The van der Waals surface area contributed by atoms with E-state index >= 15 is 0 Å². The van der Waals surface area contributed by atoms with Crippen molar-refractivity contribution in [2.75, 3.05) is 19.3 Å². The Labute approximate surface area is 89.7 Å². The van der Waals surface area contributed by atoms with Gasteiger partial charge in [-0.05, 0) is 19.3 Å². The lowest BCUT2D eigenvalue weighted by Crippen LogP contribution is -2.40. The SMILES string of the molecule is CS(=O)(=O)C1CCN(C(=O)NC2CC2)C1. The van der Waals surface area contributed by atoms with Crippen molar-refractivity contribution in [2.45, 2.75) is 30.6 Å². The average Bonchev–Trinajstić information content (AvgIpc) is 2.80. The first-order valence-electron chi connectivity index (χ1n) is 5.21. The van der Waals surface area contributed by atoms with E-state index in [9.17, 15) is 13.2 Å². The number of nitrogens with one attached hydrogen (secondary N) is 1. The Kier molecular flexibility index (Phi) is 2.62. The Hall–Kier alpha value is -0.780. The number of hydrogen-bond donors (Lipinski definition) is 1. The fourth-order valence-electron chi connectivity index (χ4n) is 1.76. The fourth-order valence-corrected chi connectivity index (χ4v) is 2.74. The van der Waals surface area contributed by atoms with Gasteiger partial charge in [0.1, 0.15) is 0 Å². The van der Waals surface area contributed by atoms with Gasteiger partial charge in [0.15, 0.2) is 9.84 Å². The number of rotatable bonds is 2. The number of carbonyl (C=O) groups excluding carboxylic acids is 1. The van der Waals surface area contributed by atoms with Crippen LogP contribution in [-0.4, -0.2) is 50.0 Å². The number of urea groups is 1. The largest absolute Gasteiger partial charge is 0.335 e. The maximum Gasteiger partial charge on any atom is 0.317 e. The Balaban J connectivity index is 1.88. The zero-order valence-electron chi connectivity index (χ0n) is 8.77. The van der Waals surface area contributed by atoms with E-state index in [1.807, 2.05) is 0 Å². The highest BCUT2D eigenvalue weighted by atomic mass is 32.2. The molecular weight excluding hydrogens is 216 g/mol. The molecule has 0 aromatic carbocycles. The zero-order valence-corrected chi connectivity index (χ0v) is 9.59. The molecule has 86 valence electrons. The van der Waals surface area contributed by atoms with Crippen LogP contribution in [0.2, 0.25) is 0 Å². The molecule has 0 radical (unpaired) electrons. The smallest absolute Gasteiger partial charge is 0.317 e. The van der Waals surface area contributed by atoms with E-state index in [0.29, 0.717) is 25.6 Å². The quantitative estimate of drug-likeness (QED) is 0.727. The van der Waals surface area contributed by atoms with Gasteiger partial charge in [-0.1, -0.05) is 0 Å². The highest BCUT2D eigenvalue weighted by molar-refractivity contribution is 7.91. The Bertz CT molecular complexity index is 362. The van der Waals surface area contributed by atoms with Crippen LogP contribution in [0.25, 0.3) is 0 Å². The minimum Gasteiger partial charge on any atom is -0.335 e. The summed E-state index contributed by atoms with van der Waals surface area (Å²) in [6.45, 7) is 0.897. The van der Waals surface area contributed by atoms with E-state index in [4.69, 9.17) is 0 Å². The van der Waals surface area contributed by atoms with E-state index in [1.165, 1.54) is 6.26 Å². The minimum absolute atomic E-state index is 0.108. The molecule has 1 saturated carbocycles. The van der Waals surface area contributed by atoms with E-state index in [0.717, 1.165) is 12.8 Å². The number of sulfone groups is 1. The summed E-state index contributed by atoms with van der Waals surface area (Å²) < 4.78 is 22.6. The van der Waals surface area contributed by atoms with Crippen LogP contribution in [-0.2, 0) is 9.84 Å². The molecular formula is C9H16N2O3S. The minimum atomic E-state index is -3.00. The van der Waals surface area contributed by atoms with E-state index in [-0.39, 0.29) is 11.3 Å². The van der Waals surface area contributed by atoms with Crippen molar-refractivity contribution >= 4 is 15.9 Å². The van der Waals surface area contributed by atoms with Gasteiger partial charge in [-0.15, -0.1) is 0 Å². The predicted octanol–water partition coefficient (Wildman–Crippen LogP) is -0.0227. The Morgan fingerprint density at radius 1 is 1.33 bits per heavy atom. The van der Waals surface area contributed by atoms with Crippen LogP contribution >= 0.6 is 0 Å². The van der Waals surface area contributed by atoms with Crippen LogP contribution in [0, 0.1) is 0 Å². The average molecular weight is 232 g/mol. The molecule has 1 saturated heterocycles. The molecule has 15 heavy (non-hydrogen) atoms. The van der Waals surface area contributed by atoms with Crippen molar-refractivity contribution in [3.63, 3.8) is 0 Å². The van der Waals surface area contributed by atoms with Crippen LogP contribution in [0.5, 0.6) is 0 Å². The van der Waals surface area contributed by atoms with Crippen LogP contribution in [0.15, 0.2) is 0 Å². The van der Waals surface area contributed by atoms with Gasteiger partial charge in [0.2, 0.25) is 0 Å². The monoisotopic (exact) mass is 232 g/mol. The summed E-state index contributed by atoms with van der Waals surface area (Å²) in [5.41, 5.74) is 0. The molecule has 1 heterocycles. The third-order valence-electron chi connectivity index (χ3n) is 2.94. The van der Waals surface area contributed by atoms with Crippen LogP contribution in [0.1, 0.15) is 19.3 Å². The first kappa shape index (κ1) is 10.7. The second kappa shape index (κ2) is 3.66. The molecule has 2 aliphatic rings. The number of amides is 2. The van der Waals surface area contributed by atoms with Crippen molar-refractivity contribution in [2.24, 2.45) is 0 Å². The third-order valence-corrected chi connectivity index (χ3v) is 4.54. The molecule has 1 N–H and O–H groups in total. The van der Waals surface area contributed by atoms with Crippen molar-refractivity contribution in [3.8, 4) is 0 Å². The molecule has 1 atom stereocenters. The van der Waals surface area contributed by atoms with Gasteiger partial charge in [-0.3, -0.25) is 0 Å². The summed E-state index contributed by atoms with van der Waals surface area (Å²) in [5.74, 6) is 0.